The van der Waals surface area contributed by atoms with Crippen LogP contribution in [-0.2, 0) is 0 Å². The summed E-state index contributed by atoms with van der Waals surface area (Å²) in [5.41, 5.74) is 7.15. The molecular weight excluding hydrogens is 661 g/mol. The number of furan rings is 1. The molecule has 11 rings (SSSR count). The minimum Gasteiger partial charge on any atom is -0.455 e. The van der Waals surface area contributed by atoms with E-state index in [0.717, 1.165) is 60.2 Å². The first-order chi connectivity index (χ1) is 28.8. The molecule has 0 spiro atoms. The van der Waals surface area contributed by atoms with Crippen molar-refractivity contribution in [2.75, 3.05) is 0 Å². The molecule has 0 fully saturated rings. The number of para-hydroxylation sites is 3. The molecule has 0 unspecified atom stereocenters. The molecule has 0 aliphatic carbocycles. The molecule has 54 heavy (non-hydrogen) atoms. The van der Waals surface area contributed by atoms with Gasteiger partial charge in [-0.2, -0.15) is 0 Å². The summed E-state index contributed by atoms with van der Waals surface area (Å²) >= 11 is 0. The SMILES string of the molecule is [2H]c1c([2H])c([2H])c(-c2nc(-c3ccccc3)nc(-c3cc(-n4c5ccccc5c5ccccc54)cc4c3oc3c(-c5ccc6ccccc6c5)cccc34)n2)c([2H])c1[2H]. The molecule has 0 aliphatic rings. The lowest BCUT2D eigenvalue weighted by Crippen LogP contribution is -2.01. The second-order valence-corrected chi connectivity index (χ2v) is 13.3. The highest BCUT2D eigenvalue weighted by Gasteiger charge is 2.22. The Morgan fingerprint density at radius 2 is 1.06 bits per heavy atom. The van der Waals surface area contributed by atoms with Crippen LogP contribution in [0.3, 0.4) is 0 Å². The lowest BCUT2D eigenvalue weighted by atomic mass is 9.99. The fraction of sp³-hybridized carbons (Fsp3) is 0. The van der Waals surface area contributed by atoms with Crippen LogP contribution in [0.2, 0.25) is 0 Å². The molecule has 3 aromatic heterocycles. The van der Waals surface area contributed by atoms with E-state index in [0.29, 0.717) is 22.3 Å². The molecule has 3 heterocycles. The summed E-state index contributed by atoms with van der Waals surface area (Å²) in [6, 6.07) is 48.7. The minimum absolute atomic E-state index is 0.0470. The van der Waals surface area contributed by atoms with E-state index in [1.54, 1.807) is 0 Å². The number of hydrogen-bond donors (Lipinski definition) is 0. The number of aromatic nitrogens is 4. The lowest BCUT2D eigenvalue weighted by molar-refractivity contribution is 0.670. The van der Waals surface area contributed by atoms with Gasteiger partial charge in [-0.15, -0.1) is 0 Å². The number of benzene rings is 8. The van der Waals surface area contributed by atoms with Crippen molar-refractivity contribution in [1.29, 1.82) is 0 Å². The van der Waals surface area contributed by atoms with Crippen LogP contribution in [0.5, 0.6) is 0 Å². The van der Waals surface area contributed by atoms with Gasteiger partial charge in [-0.3, -0.25) is 0 Å². The first-order valence-corrected chi connectivity index (χ1v) is 17.7. The Bertz CT molecular complexity index is 3440. The average Bonchev–Trinajstić information content (AvgIpc) is 3.83. The first-order valence-electron chi connectivity index (χ1n) is 20.2. The zero-order valence-electron chi connectivity index (χ0n) is 33.6. The van der Waals surface area contributed by atoms with Gasteiger partial charge < -0.3 is 8.98 Å². The van der Waals surface area contributed by atoms with Crippen LogP contribution in [0.1, 0.15) is 6.85 Å². The molecule has 252 valence electrons. The Kier molecular flexibility index (Phi) is 5.73. The van der Waals surface area contributed by atoms with Gasteiger partial charge in [0, 0.05) is 43.9 Å². The third kappa shape index (κ3) is 4.83. The summed E-state index contributed by atoms with van der Waals surface area (Å²) in [6.45, 7) is 0. The number of rotatable bonds is 5. The number of fused-ring (bicyclic) bond motifs is 7. The zero-order chi connectivity index (χ0) is 39.9. The average molecular weight is 696 g/mol. The quantitative estimate of drug-likeness (QED) is 0.180. The Balaban J connectivity index is 1.26. The molecule has 0 saturated carbocycles. The molecule has 0 bridgehead atoms. The second-order valence-electron chi connectivity index (χ2n) is 13.3. The van der Waals surface area contributed by atoms with Crippen LogP contribution < -0.4 is 0 Å². The highest BCUT2D eigenvalue weighted by atomic mass is 16.3. The molecule has 11 aromatic rings. The van der Waals surface area contributed by atoms with Gasteiger partial charge in [-0.1, -0.05) is 152 Å². The van der Waals surface area contributed by atoms with Gasteiger partial charge in [0.2, 0.25) is 0 Å². The highest BCUT2D eigenvalue weighted by Crippen LogP contribution is 2.43. The van der Waals surface area contributed by atoms with Crippen LogP contribution in [0.4, 0.5) is 0 Å². The molecule has 0 saturated heterocycles. The van der Waals surface area contributed by atoms with Crippen molar-refractivity contribution in [3.8, 4) is 51.0 Å². The van der Waals surface area contributed by atoms with E-state index >= 15 is 0 Å². The van der Waals surface area contributed by atoms with Crippen LogP contribution in [0.15, 0.2) is 186 Å². The molecular formula is C49H30N4O. The normalized spacial score (nSPS) is 13.0. The van der Waals surface area contributed by atoms with Gasteiger partial charge >= 0.3 is 0 Å². The summed E-state index contributed by atoms with van der Waals surface area (Å²) in [5.74, 6) is 0.453. The van der Waals surface area contributed by atoms with Crippen molar-refractivity contribution in [2.45, 2.75) is 0 Å². The van der Waals surface area contributed by atoms with Crippen LogP contribution in [0, 0.1) is 0 Å². The molecule has 0 aliphatic heterocycles. The van der Waals surface area contributed by atoms with Gasteiger partial charge in [0.1, 0.15) is 11.2 Å². The largest absolute Gasteiger partial charge is 0.455 e. The Morgan fingerprint density at radius 3 is 1.83 bits per heavy atom. The second kappa shape index (κ2) is 12.1. The monoisotopic (exact) mass is 695 g/mol. The van der Waals surface area contributed by atoms with Gasteiger partial charge in [0.05, 0.1) is 23.5 Å². The third-order valence-electron chi connectivity index (χ3n) is 10.1. The van der Waals surface area contributed by atoms with E-state index < -0.39 is 30.2 Å². The third-order valence-corrected chi connectivity index (χ3v) is 10.1. The Morgan fingerprint density at radius 1 is 0.426 bits per heavy atom. The highest BCUT2D eigenvalue weighted by molar-refractivity contribution is 6.15. The molecule has 0 amide bonds. The van der Waals surface area contributed by atoms with Gasteiger partial charge in [0.25, 0.3) is 0 Å². The first kappa shape index (κ1) is 25.6. The fourth-order valence-corrected chi connectivity index (χ4v) is 7.65. The van der Waals surface area contributed by atoms with Crippen molar-refractivity contribution in [3.63, 3.8) is 0 Å². The summed E-state index contributed by atoms with van der Waals surface area (Å²) < 4.78 is 52.2. The maximum Gasteiger partial charge on any atom is 0.167 e. The van der Waals surface area contributed by atoms with Gasteiger partial charge in [-0.25, -0.2) is 15.0 Å². The van der Waals surface area contributed by atoms with E-state index in [9.17, 15) is 0 Å². The van der Waals surface area contributed by atoms with Crippen molar-refractivity contribution < 1.29 is 11.3 Å². The van der Waals surface area contributed by atoms with Gasteiger partial charge in [-0.05, 0) is 46.7 Å². The molecule has 0 radical (unpaired) electrons. The molecule has 5 heteroatoms. The zero-order valence-corrected chi connectivity index (χ0v) is 28.6. The van der Waals surface area contributed by atoms with E-state index in [-0.39, 0.29) is 23.0 Å². The maximum absolute atomic E-state index is 8.87. The Hall–Kier alpha value is -7.37. The van der Waals surface area contributed by atoms with Gasteiger partial charge in [0.15, 0.2) is 17.5 Å². The summed E-state index contributed by atoms with van der Waals surface area (Å²) in [5, 5.41) is 6.21. The van der Waals surface area contributed by atoms with E-state index in [2.05, 4.69) is 77.4 Å². The summed E-state index contributed by atoms with van der Waals surface area (Å²) in [7, 11) is 0. The van der Waals surface area contributed by atoms with Crippen molar-refractivity contribution in [3.05, 3.63) is 182 Å². The molecule has 0 atom stereocenters. The van der Waals surface area contributed by atoms with Crippen molar-refractivity contribution in [1.82, 2.24) is 19.5 Å². The smallest absolute Gasteiger partial charge is 0.167 e. The standard InChI is InChI=1S/C49H30N4O/c1-3-15-32(16-4-1)47-50-48(33-17-5-2-6-18-33)52-49(51-47)42-30-36(53-43-24-11-9-20-38(43)39-21-10-12-25-44(39)53)29-41-40-23-13-22-37(45(40)54-46(41)42)35-27-26-31-14-7-8-19-34(31)28-35/h1-30H/i1D,3D,4D,15D,16D. The summed E-state index contributed by atoms with van der Waals surface area (Å²) in [4.78, 5) is 14.8. The van der Waals surface area contributed by atoms with E-state index in [4.69, 9.17) is 26.2 Å². The maximum atomic E-state index is 8.87. The summed E-state index contributed by atoms with van der Waals surface area (Å²) in [6.07, 6.45) is 0. The van der Waals surface area contributed by atoms with E-state index in [1.807, 2.05) is 78.9 Å². The molecule has 0 N–H and O–H groups in total. The van der Waals surface area contributed by atoms with Crippen molar-refractivity contribution in [2.24, 2.45) is 0 Å². The Labute approximate surface area is 317 Å². The minimum atomic E-state index is -0.494. The molecule has 5 nitrogen and oxygen atoms in total. The number of nitrogens with zero attached hydrogens (tertiary/aromatic N) is 4. The van der Waals surface area contributed by atoms with Crippen LogP contribution >= 0.6 is 0 Å². The molecule has 8 aromatic carbocycles. The lowest BCUT2D eigenvalue weighted by Gasteiger charge is -2.12. The predicted molar refractivity (Wildman–Crippen MR) is 221 cm³/mol. The fourth-order valence-electron chi connectivity index (χ4n) is 7.65. The van der Waals surface area contributed by atoms with E-state index in [1.165, 1.54) is 0 Å². The van der Waals surface area contributed by atoms with Crippen molar-refractivity contribution >= 4 is 54.5 Å². The topological polar surface area (TPSA) is 56.7 Å². The van der Waals surface area contributed by atoms with Crippen LogP contribution in [-0.4, -0.2) is 19.5 Å². The predicted octanol–water partition coefficient (Wildman–Crippen LogP) is 12.7. The number of hydrogen-bond acceptors (Lipinski definition) is 4. The van der Waals surface area contributed by atoms with Crippen LogP contribution in [0.25, 0.3) is 105 Å².